The van der Waals surface area contributed by atoms with E-state index in [-0.39, 0.29) is 17.7 Å². The van der Waals surface area contributed by atoms with Crippen LogP contribution in [0.15, 0.2) is 0 Å². The molecule has 0 bridgehead atoms. The van der Waals surface area contributed by atoms with Gasteiger partial charge in [0.25, 0.3) is 0 Å². The Bertz CT molecular complexity index is 269. The van der Waals surface area contributed by atoms with Crippen LogP contribution in [0.2, 0.25) is 0 Å². The summed E-state index contributed by atoms with van der Waals surface area (Å²) in [6.45, 7) is 2.27. The van der Waals surface area contributed by atoms with Crippen LogP contribution in [0.1, 0.15) is 32.6 Å². The van der Waals surface area contributed by atoms with Gasteiger partial charge >= 0.3 is 5.97 Å². The first-order valence-corrected chi connectivity index (χ1v) is 6.10. The number of ether oxygens (including phenoxy) is 2. The molecular formula is C12H21NO3. The van der Waals surface area contributed by atoms with Gasteiger partial charge in [-0.25, -0.2) is 4.79 Å². The van der Waals surface area contributed by atoms with E-state index in [1.54, 1.807) is 0 Å². The first-order valence-electron chi connectivity index (χ1n) is 6.10. The molecule has 1 unspecified atom stereocenters. The molecule has 2 rings (SSSR count). The average molecular weight is 227 g/mol. The van der Waals surface area contributed by atoms with Gasteiger partial charge in [0.05, 0.1) is 6.61 Å². The monoisotopic (exact) mass is 227 g/mol. The van der Waals surface area contributed by atoms with E-state index in [1.807, 2.05) is 6.92 Å². The zero-order chi connectivity index (χ0) is 11.8. The number of hydrogen-bond donors (Lipinski definition) is 0. The minimum atomic E-state index is -0.282. The molecule has 4 nitrogen and oxygen atoms in total. The Labute approximate surface area is 96.9 Å². The van der Waals surface area contributed by atoms with E-state index >= 15 is 0 Å². The van der Waals surface area contributed by atoms with Gasteiger partial charge in [0, 0.05) is 6.04 Å². The Morgan fingerprint density at radius 3 is 2.56 bits per heavy atom. The second kappa shape index (κ2) is 4.34. The minimum absolute atomic E-state index is 0.168. The van der Waals surface area contributed by atoms with Crippen LogP contribution in [-0.4, -0.2) is 49.3 Å². The van der Waals surface area contributed by atoms with E-state index in [9.17, 15) is 4.79 Å². The Morgan fingerprint density at radius 2 is 2.06 bits per heavy atom. The molecule has 1 spiro atoms. The Morgan fingerprint density at radius 1 is 1.44 bits per heavy atom. The van der Waals surface area contributed by atoms with Crippen LogP contribution in [0.4, 0.5) is 0 Å². The Balaban J connectivity index is 1.84. The second-order valence-electron chi connectivity index (χ2n) is 5.01. The maximum absolute atomic E-state index is 11.5. The molecule has 1 saturated heterocycles. The Kier molecular flexibility index (Phi) is 3.22. The lowest BCUT2D eigenvalue weighted by molar-refractivity contribution is -0.144. The van der Waals surface area contributed by atoms with Gasteiger partial charge in [0.2, 0.25) is 0 Å². The van der Waals surface area contributed by atoms with E-state index in [2.05, 4.69) is 19.0 Å². The third kappa shape index (κ3) is 2.09. The summed E-state index contributed by atoms with van der Waals surface area (Å²) >= 11 is 0. The zero-order valence-electron chi connectivity index (χ0n) is 10.4. The first-order chi connectivity index (χ1) is 7.59. The average Bonchev–Trinajstić information content (AvgIpc) is 2.93. The zero-order valence-corrected chi connectivity index (χ0v) is 10.4. The van der Waals surface area contributed by atoms with Crippen molar-refractivity contribution in [3.8, 4) is 0 Å². The van der Waals surface area contributed by atoms with Crippen LogP contribution in [-0.2, 0) is 14.3 Å². The molecule has 0 aromatic carbocycles. The molecule has 0 radical (unpaired) electrons. The van der Waals surface area contributed by atoms with Crippen LogP contribution in [0, 0.1) is 0 Å². The SMILES string of the molecule is CCOC(=O)C1OC12CCC(N(C)C)CC2. The summed E-state index contributed by atoms with van der Waals surface area (Å²) in [6, 6.07) is 0.637. The van der Waals surface area contributed by atoms with Crippen molar-refractivity contribution in [3.05, 3.63) is 0 Å². The van der Waals surface area contributed by atoms with Gasteiger partial charge in [-0.3, -0.25) is 0 Å². The van der Waals surface area contributed by atoms with Crippen molar-refractivity contribution in [2.45, 2.75) is 50.4 Å². The minimum Gasteiger partial charge on any atom is -0.464 e. The van der Waals surface area contributed by atoms with Gasteiger partial charge in [0.1, 0.15) is 5.60 Å². The molecule has 1 atom stereocenters. The molecular weight excluding hydrogens is 206 g/mol. The molecule has 0 N–H and O–H groups in total. The lowest BCUT2D eigenvalue weighted by atomic mass is 9.83. The van der Waals surface area contributed by atoms with Gasteiger partial charge in [-0.1, -0.05) is 0 Å². The van der Waals surface area contributed by atoms with Crippen molar-refractivity contribution >= 4 is 5.97 Å². The van der Waals surface area contributed by atoms with Crippen molar-refractivity contribution in [1.29, 1.82) is 0 Å². The third-order valence-electron chi connectivity index (χ3n) is 3.81. The van der Waals surface area contributed by atoms with Crippen molar-refractivity contribution < 1.29 is 14.3 Å². The molecule has 1 aliphatic carbocycles. The molecule has 0 aromatic rings. The fraction of sp³-hybridized carbons (Fsp3) is 0.917. The number of esters is 1. The number of carbonyl (C=O) groups excluding carboxylic acids is 1. The van der Waals surface area contributed by atoms with Crippen LogP contribution < -0.4 is 0 Å². The number of nitrogens with zero attached hydrogens (tertiary/aromatic N) is 1. The highest BCUT2D eigenvalue weighted by molar-refractivity contribution is 5.79. The second-order valence-corrected chi connectivity index (χ2v) is 5.01. The quantitative estimate of drug-likeness (QED) is 0.536. The molecule has 1 heterocycles. The lowest BCUT2D eigenvalue weighted by Crippen LogP contribution is -2.36. The summed E-state index contributed by atoms with van der Waals surface area (Å²) in [7, 11) is 4.22. The van der Waals surface area contributed by atoms with Gasteiger partial charge in [-0.05, 0) is 46.7 Å². The number of epoxide rings is 1. The van der Waals surface area contributed by atoms with Gasteiger partial charge < -0.3 is 14.4 Å². The van der Waals surface area contributed by atoms with Crippen LogP contribution >= 0.6 is 0 Å². The predicted octanol–water partition coefficient (Wildman–Crippen LogP) is 1.19. The summed E-state index contributed by atoms with van der Waals surface area (Å²) in [5, 5.41) is 0. The van der Waals surface area contributed by atoms with Crippen molar-refractivity contribution in [2.75, 3.05) is 20.7 Å². The largest absolute Gasteiger partial charge is 0.464 e. The molecule has 2 fully saturated rings. The molecule has 0 aromatic heterocycles. The first kappa shape index (κ1) is 11.9. The van der Waals surface area contributed by atoms with Crippen LogP contribution in [0.5, 0.6) is 0 Å². The van der Waals surface area contributed by atoms with E-state index in [1.165, 1.54) is 0 Å². The number of rotatable bonds is 3. The highest BCUT2D eigenvalue weighted by Crippen LogP contribution is 2.49. The molecule has 1 saturated carbocycles. The van der Waals surface area contributed by atoms with Gasteiger partial charge in [-0.2, -0.15) is 0 Å². The van der Waals surface area contributed by atoms with E-state index in [0.717, 1.165) is 25.7 Å². The molecule has 16 heavy (non-hydrogen) atoms. The van der Waals surface area contributed by atoms with Crippen LogP contribution in [0.3, 0.4) is 0 Å². The van der Waals surface area contributed by atoms with Crippen molar-refractivity contribution in [1.82, 2.24) is 4.90 Å². The number of carbonyl (C=O) groups is 1. The highest BCUT2D eigenvalue weighted by Gasteiger charge is 2.62. The van der Waals surface area contributed by atoms with Gasteiger partial charge in [0.15, 0.2) is 6.10 Å². The summed E-state index contributed by atoms with van der Waals surface area (Å²) in [6.07, 6.45) is 3.92. The van der Waals surface area contributed by atoms with Crippen molar-refractivity contribution in [2.24, 2.45) is 0 Å². The number of hydrogen-bond acceptors (Lipinski definition) is 4. The maximum Gasteiger partial charge on any atom is 0.338 e. The lowest BCUT2D eigenvalue weighted by Gasteiger charge is -2.31. The highest BCUT2D eigenvalue weighted by atomic mass is 16.7. The summed E-state index contributed by atoms with van der Waals surface area (Å²) in [5.74, 6) is -0.175. The Hall–Kier alpha value is -0.610. The smallest absolute Gasteiger partial charge is 0.338 e. The molecule has 4 heteroatoms. The van der Waals surface area contributed by atoms with E-state index in [4.69, 9.17) is 9.47 Å². The standard InChI is InChI=1S/C12H21NO3/c1-4-15-11(14)10-12(16-10)7-5-9(6-8-12)13(2)3/h9-10H,4-8H2,1-3H3. The normalized spacial score (nSPS) is 37.8. The van der Waals surface area contributed by atoms with Gasteiger partial charge in [-0.15, -0.1) is 0 Å². The molecule has 0 amide bonds. The predicted molar refractivity (Wildman–Crippen MR) is 60.2 cm³/mol. The van der Waals surface area contributed by atoms with Crippen LogP contribution in [0.25, 0.3) is 0 Å². The fourth-order valence-electron chi connectivity index (χ4n) is 2.67. The molecule has 1 aliphatic heterocycles. The maximum atomic E-state index is 11.5. The van der Waals surface area contributed by atoms with E-state index in [0.29, 0.717) is 12.6 Å². The summed E-state index contributed by atoms with van der Waals surface area (Å²) in [5.41, 5.74) is -0.168. The molecule has 2 aliphatic rings. The van der Waals surface area contributed by atoms with Crippen molar-refractivity contribution in [3.63, 3.8) is 0 Å². The fourth-order valence-corrected chi connectivity index (χ4v) is 2.67. The summed E-state index contributed by atoms with van der Waals surface area (Å²) < 4.78 is 10.6. The molecule has 92 valence electrons. The summed E-state index contributed by atoms with van der Waals surface area (Å²) in [4.78, 5) is 13.8. The third-order valence-corrected chi connectivity index (χ3v) is 3.81. The topological polar surface area (TPSA) is 42.1 Å². The van der Waals surface area contributed by atoms with E-state index < -0.39 is 0 Å².